The van der Waals surface area contributed by atoms with Crippen molar-refractivity contribution in [3.63, 3.8) is 0 Å². The van der Waals surface area contributed by atoms with Gasteiger partial charge in [-0.2, -0.15) is 0 Å². The molecule has 0 aromatic heterocycles. The number of rotatable bonds is 3. The summed E-state index contributed by atoms with van der Waals surface area (Å²) >= 11 is 0. The van der Waals surface area contributed by atoms with Gasteiger partial charge in [0.2, 0.25) is 0 Å². The van der Waals surface area contributed by atoms with Crippen molar-refractivity contribution in [3.05, 3.63) is 47.1 Å². The lowest BCUT2D eigenvalue weighted by Gasteiger charge is -2.46. The second-order valence-electron chi connectivity index (χ2n) is 15.2. The van der Waals surface area contributed by atoms with Crippen molar-refractivity contribution in [2.45, 2.75) is 97.6 Å². The quantitative estimate of drug-likeness (QED) is 0.220. The number of ketones is 1. The van der Waals surface area contributed by atoms with Crippen molar-refractivity contribution in [1.82, 2.24) is 0 Å². The van der Waals surface area contributed by atoms with Crippen molar-refractivity contribution in [2.24, 2.45) is 45.8 Å². The molecule has 2 saturated carbocycles. The summed E-state index contributed by atoms with van der Waals surface area (Å²) in [6.45, 7) is 15.6. The predicted octanol–water partition coefficient (Wildman–Crippen LogP) is 4.56. The summed E-state index contributed by atoms with van der Waals surface area (Å²) in [4.78, 5) is 54.1. The van der Waals surface area contributed by atoms with E-state index >= 15 is 0 Å². The minimum absolute atomic E-state index is 0.0840. The summed E-state index contributed by atoms with van der Waals surface area (Å²) in [5.41, 5.74) is -1.47. The van der Waals surface area contributed by atoms with E-state index in [1.54, 1.807) is 6.08 Å². The number of esters is 3. The summed E-state index contributed by atoms with van der Waals surface area (Å²) in [6, 6.07) is 0. The molecule has 230 valence electrons. The van der Waals surface area contributed by atoms with Gasteiger partial charge in [-0.25, -0.2) is 4.79 Å². The highest BCUT2D eigenvalue weighted by Gasteiger charge is 2.84. The first-order valence-electron chi connectivity index (χ1n) is 15.7. The monoisotopic (exact) mass is 590 g/mol. The maximum Gasteiger partial charge on any atom is 0.334 e. The van der Waals surface area contributed by atoms with Crippen LogP contribution < -0.4 is 0 Å². The fourth-order valence-electron chi connectivity index (χ4n) is 10.7. The predicted molar refractivity (Wildman–Crippen MR) is 155 cm³/mol. The highest BCUT2D eigenvalue weighted by Crippen LogP contribution is 2.80. The molecule has 11 atom stereocenters. The molecule has 43 heavy (non-hydrogen) atoms. The van der Waals surface area contributed by atoms with Gasteiger partial charge in [-0.15, -0.1) is 0 Å². The Kier molecular flexibility index (Phi) is 5.88. The average molecular weight is 591 g/mol. The summed E-state index contributed by atoms with van der Waals surface area (Å²) in [5, 5.41) is 12.3. The fraction of sp³-hybridized carbons (Fsp3) is 0.657. The van der Waals surface area contributed by atoms with Gasteiger partial charge >= 0.3 is 17.9 Å². The van der Waals surface area contributed by atoms with Gasteiger partial charge < -0.3 is 19.3 Å². The van der Waals surface area contributed by atoms with E-state index in [1.165, 1.54) is 0 Å². The molecule has 0 amide bonds. The van der Waals surface area contributed by atoms with E-state index in [-0.39, 0.29) is 36.4 Å². The number of allylic oxidation sites excluding steroid dienone is 2. The molecule has 5 aliphatic carbocycles. The van der Waals surface area contributed by atoms with E-state index in [4.69, 9.17) is 14.2 Å². The molecular weight excluding hydrogens is 548 g/mol. The van der Waals surface area contributed by atoms with Crippen LogP contribution in [0.2, 0.25) is 0 Å². The second-order valence-corrected chi connectivity index (χ2v) is 15.2. The van der Waals surface area contributed by atoms with Crippen molar-refractivity contribution in [3.8, 4) is 0 Å². The molecule has 2 aliphatic heterocycles. The van der Waals surface area contributed by atoms with Crippen LogP contribution in [-0.2, 0) is 33.4 Å². The fourth-order valence-corrected chi connectivity index (χ4v) is 10.7. The topological polar surface area (TPSA) is 116 Å². The third kappa shape index (κ3) is 3.36. The Bertz CT molecular complexity index is 1480. The summed E-state index contributed by atoms with van der Waals surface area (Å²) in [5.74, 6) is -2.87. The zero-order valence-electron chi connectivity index (χ0n) is 25.9. The van der Waals surface area contributed by atoms with E-state index in [1.807, 2.05) is 47.6 Å². The lowest BCUT2D eigenvalue weighted by Crippen LogP contribution is -2.53. The third-order valence-corrected chi connectivity index (χ3v) is 12.6. The normalized spacial score (nSPS) is 47.6. The maximum atomic E-state index is 14.7. The standard InChI is InChI=1S/C35H42O8/c1-16(2)12-23(37)41-22-14-18(4)24-21(36)13-17(3)25(24)28-26(22)35(31(39)43-28)15-34-11-10-32(35,6)29(34)27-20(8-9-33(34,7)40)19(5)30(38)42-27/h10-11,13,16,20,22,25-29,40H,5,8-9,12,14-15H2,1-4,6-7H3. The van der Waals surface area contributed by atoms with Gasteiger partial charge in [0.1, 0.15) is 18.3 Å². The summed E-state index contributed by atoms with van der Waals surface area (Å²) in [7, 11) is 0. The van der Waals surface area contributed by atoms with Gasteiger partial charge in [0.05, 0.1) is 16.9 Å². The number of carbonyl (C=O) groups excluding carboxylic acids is 4. The molecule has 2 heterocycles. The Morgan fingerprint density at radius 1 is 1.14 bits per heavy atom. The van der Waals surface area contributed by atoms with Crippen LogP contribution in [0.3, 0.4) is 0 Å². The Balaban J connectivity index is 1.42. The van der Waals surface area contributed by atoms with Crippen LogP contribution in [-0.4, -0.2) is 52.7 Å². The van der Waals surface area contributed by atoms with E-state index in [9.17, 15) is 24.3 Å². The molecule has 8 heteroatoms. The van der Waals surface area contributed by atoms with Crippen molar-refractivity contribution >= 4 is 23.7 Å². The van der Waals surface area contributed by atoms with Gasteiger partial charge in [-0.1, -0.05) is 50.6 Å². The van der Waals surface area contributed by atoms with Crippen LogP contribution >= 0.6 is 0 Å². The van der Waals surface area contributed by atoms with E-state index < -0.39 is 69.9 Å². The first-order valence-corrected chi connectivity index (χ1v) is 15.7. The molecule has 4 fully saturated rings. The Morgan fingerprint density at radius 2 is 1.86 bits per heavy atom. The highest BCUT2D eigenvalue weighted by molar-refractivity contribution is 6.09. The number of hydrogen-bond acceptors (Lipinski definition) is 8. The summed E-state index contributed by atoms with van der Waals surface area (Å²) < 4.78 is 18.8. The molecule has 0 aromatic rings. The first kappa shape index (κ1) is 28.8. The lowest BCUT2D eigenvalue weighted by atomic mass is 9.54. The van der Waals surface area contributed by atoms with E-state index in [2.05, 4.69) is 12.7 Å². The summed E-state index contributed by atoms with van der Waals surface area (Å²) in [6.07, 6.45) is 5.52. The third-order valence-electron chi connectivity index (χ3n) is 12.6. The molecule has 2 bridgehead atoms. The van der Waals surface area contributed by atoms with Crippen LogP contribution in [0.25, 0.3) is 0 Å². The zero-order chi connectivity index (χ0) is 31.0. The number of carbonyl (C=O) groups is 4. The van der Waals surface area contributed by atoms with Gasteiger partial charge in [0.15, 0.2) is 5.78 Å². The van der Waals surface area contributed by atoms with E-state index in [0.717, 1.165) is 11.1 Å². The van der Waals surface area contributed by atoms with Gasteiger partial charge in [-0.3, -0.25) is 14.4 Å². The van der Waals surface area contributed by atoms with Crippen LogP contribution in [0.5, 0.6) is 0 Å². The molecule has 7 rings (SSSR count). The van der Waals surface area contributed by atoms with Crippen LogP contribution in [0.4, 0.5) is 0 Å². The van der Waals surface area contributed by atoms with Gasteiger partial charge in [0, 0.05) is 52.6 Å². The minimum Gasteiger partial charge on any atom is -0.462 e. The molecule has 2 saturated heterocycles. The lowest BCUT2D eigenvalue weighted by molar-refractivity contribution is -0.162. The Labute approximate surface area is 252 Å². The van der Waals surface area contributed by atoms with Gasteiger partial charge in [0.25, 0.3) is 0 Å². The Morgan fingerprint density at radius 3 is 2.56 bits per heavy atom. The molecular formula is C35H42O8. The molecule has 8 nitrogen and oxygen atoms in total. The molecule has 0 aromatic carbocycles. The average Bonchev–Trinajstić information content (AvgIpc) is 3.57. The van der Waals surface area contributed by atoms with E-state index in [0.29, 0.717) is 30.4 Å². The molecule has 7 aliphatic rings. The van der Waals surface area contributed by atoms with Crippen molar-refractivity contribution in [2.75, 3.05) is 0 Å². The van der Waals surface area contributed by atoms with Crippen LogP contribution in [0.15, 0.2) is 47.1 Å². The van der Waals surface area contributed by atoms with Crippen molar-refractivity contribution in [1.29, 1.82) is 0 Å². The Hall–Kier alpha value is -3.00. The minimum atomic E-state index is -1.21. The number of aliphatic hydroxyl groups is 1. The van der Waals surface area contributed by atoms with Crippen molar-refractivity contribution < 1.29 is 38.5 Å². The number of ether oxygens (including phenoxy) is 3. The second kappa shape index (κ2) is 8.80. The largest absolute Gasteiger partial charge is 0.462 e. The maximum absolute atomic E-state index is 14.7. The molecule has 11 unspecified atom stereocenters. The number of hydrogen-bond donors (Lipinski definition) is 1. The zero-order valence-corrected chi connectivity index (χ0v) is 25.9. The number of fused-ring (bicyclic) bond motifs is 6. The highest BCUT2D eigenvalue weighted by atomic mass is 16.6. The van der Waals surface area contributed by atoms with Crippen LogP contribution in [0.1, 0.15) is 73.6 Å². The smallest absolute Gasteiger partial charge is 0.334 e. The molecule has 1 N–H and O–H groups in total. The molecule has 1 spiro atoms. The molecule has 0 radical (unpaired) electrons. The SMILES string of the molecule is C=C1C(=O)OC2C1CCC(C)(O)C13C=CC(C)(C21)C1(C3)C(=O)OC2C3C(C)=CC(=O)C3=C(C)CC(OC(=O)CC(C)C)C21. The van der Waals surface area contributed by atoms with Gasteiger partial charge in [-0.05, 0) is 52.0 Å². The first-order chi connectivity index (χ1) is 20.1. The van der Waals surface area contributed by atoms with Crippen LogP contribution in [0, 0.1) is 45.8 Å².